The first kappa shape index (κ1) is 20.3. The lowest BCUT2D eigenvalue weighted by Crippen LogP contribution is -2.36. The molecular weight excluding hydrogens is 380 g/mol. The highest BCUT2D eigenvalue weighted by molar-refractivity contribution is 6.33. The number of nitrogens with zero attached hydrogens (tertiary/aromatic N) is 1. The number of methoxy groups -OCH3 is 2. The van der Waals surface area contributed by atoms with Crippen LogP contribution in [0.5, 0.6) is 11.5 Å². The third-order valence-electron chi connectivity index (χ3n) is 4.69. The van der Waals surface area contributed by atoms with Gasteiger partial charge < -0.3 is 24.4 Å². The molecule has 3 rings (SSSR count). The molecule has 1 saturated heterocycles. The van der Waals surface area contributed by atoms with Crippen LogP contribution >= 0.6 is 11.6 Å². The summed E-state index contributed by atoms with van der Waals surface area (Å²) in [6.07, 6.45) is 0.359. The average molecular weight is 405 g/mol. The summed E-state index contributed by atoms with van der Waals surface area (Å²) < 4.78 is 15.8. The predicted octanol–water partition coefficient (Wildman–Crippen LogP) is 3.88. The van der Waals surface area contributed by atoms with Crippen molar-refractivity contribution in [3.63, 3.8) is 0 Å². The number of ketones is 1. The van der Waals surface area contributed by atoms with Gasteiger partial charge in [0, 0.05) is 37.3 Å². The number of hydrogen-bond donors (Lipinski definition) is 1. The molecule has 7 heteroatoms. The molecule has 1 heterocycles. The minimum atomic E-state index is 0.0319. The Hall–Kier alpha value is -2.44. The van der Waals surface area contributed by atoms with Crippen molar-refractivity contribution in [2.24, 2.45) is 0 Å². The summed E-state index contributed by atoms with van der Waals surface area (Å²) >= 11 is 6.45. The fraction of sp³-hybridized carbons (Fsp3) is 0.381. The Kier molecular flexibility index (Phi) is 7.01. The van der Waals surface area contributed by atoms with E-state index in [1.54, 1.807) is 32.4 Å². The summed E-state index contributed by atoms with van der Waals surface area (Å²) in [5.74, 6) is 1.18. The maximum absolute atomic E-state index is 12.4. The van der Waals surface area contributed by atoms with E-state index in [1.807, 2.05) is 18.2 Å². The van der Waals surface area contributed by atoms with Gasteiger partial charge in [0.15, 0.2) is 17.3 Å². The second-order valence-electron chi connectivity index (χ2n) is 6.44. The minimum Gasteiger partial charge on any atom is -0.493 e. The Balaban J connectivity index is 1.56. The number of morpholine rings is 1. The summed E-state index contributed by atoms with van der Waals surface area (Å²) in [4.78, 5) is 14.7. The summed E-state index contributed by atoms with van der Waals surface area (Å²) in [6, 6.07) is 11.1. The summed E-state index contributed by atoms with van der Waals surface area (Å²) in [7, 11) is 3.12. The molecule has 1 aliphatic heterocycles. The van der Waals surface area contributed by atoms with Crippen LogP contribution in [0.25, 0.3) is 0 Å². The zero-order valence-corrected chi connectivity index (χ0v) is 16.9. The first-order chi connectivity index (χ1) is 13.6. The van der Waals surface area contributed by atoms with Crippen LogP contribution in [-0.2, 0) is 4.74 Å². The van der Waals surface area contributed by atoms with Gasteiger partial charge in [-0.15, -0.1) is 0 Å². The normalized spacial score (nSPS) is 13.9. The van der Waals surface area contributed by atoms with Gasteiger partial charge in [0.2, 0.25) is 0 Å². The molecule has 0 saturated carbocycles. The second kappa shape index (κ2) is 9.66. The van der Waals surface area contributed by atoms with Crippen molar-refractivity contribution in [1.82, 2.24) is 0 Å². The molecule has 0 spiro atoms. The van der Waals surface area contributed by atoms with E-state index in [0.29, 0.717) is 48.3 Å². The summed E-state index contributed by atoms with van der Waals surface area (Å²) in [5, 5.41) is 3.96. The third kappa shape index (κ3) is 4.88. The number of benzene rings is 2. The van der Waals surface area contributed by atoms with Crippen LogP contribution in [0.15, 0.2) is 36.4 Å². The lowest BCUT2D eigenvalue weighted by atomic mass is 10.1. The molecular formula is C21H25ClN2O4. The number of carbonyl (C=O) groups excluding carboxylic acids is 1. The Morgan fingerprint density at radius 3 is 2.54 bits per heavy atom. The molecule has 1 fully saturated rings. The van der Waals surface area contributed by atoms with Gasteiger partial charge in [-0.2, -0.15) is 0 Å². The molecule has 150 valence electrons. The number of nitrogens with one attached hydrogen (secondary N) is 1. The first-order valence-corrected chi connectivity index (χ1v) is 9.61. The van der Waals surface area contributed by atoms with Crippen LogP contribution in [0.4, 0.5) is 11.4 Å². The van der Waals surface area contributed by atoms with E-state index >= 15 is 0 Å². The standard InChI is InChI=1S/C21H25ClN2O4/c1-26-20-6-3-15(13-21(20)27-2)19(25)7-8-23-16-4-5-18(17(22)14-16)24-9-11-28-12-10-24/h3-6,13-14,23H,7-12H2,1-2H3. The van der Waals surface area contributed by atoms with Crippen molar-refractivity contribution >= 4 is 28.8 Å². The molecule has 0 radical (unpaired) electrons. The van der Waals surface area contributed by atoms with E-state index in [4.69, 9.17) is 25.8 Å². The lowest BCUT2D eigenvalue weighted by Gasteiger charge is -2.29. The van der Waals surface area contributed by atoms with E-state index < -0.39 is 0 Å². The van der Waals surface area contributed by atoms with Gasteiger partial charge >= 0.3 is 0 Å². The molecule has 0 bridgehead atoms. The van der Waals surface area contributed by atoms with Crippen molar-refractivity contribution in [2.75, 3.05) is 57.3 Å². The molecule has 0 aliphatic carbocycles. The quantitative estimate of drug-likeness (QED) is 0.674. The highest BCUT2D eigenvalue weighted by Crippen LogP contribution is 2.30. The van der Waals surface area contributed by atoms with Crippen molar-refractivity contribution in [2.45, 2.75) is 6.42 Å². The molecule has 2 aromatic rings. The third-order valence-corrected chi connectivity index (χ3v) is 4.99. The van der Waals surface area contributed by atoms with Crippen LogP contribution in [0.3, 0.4) is 0 Å². The molecule has 28 heavy (non-hydrogen) atoms. The number of hydrogen-bond acceptors (Lipinski definition) is 6. The zero-order chi connectivity index (χ0) is 19.9. The van der Waals surface area contributed by atoms with Crippen LogP contribution in [0.1, 0.15) is 16.8 Å². The van der Waals surface area contributed by atoms with Gasteiger partial charge in [0.25, 0.3) is 0 Å². The highest BCUT2D eigenvalue weighted by atomic mass is 35.5. The fourth-order valence-corrected chi connectivity index (χ4v) is 3.45. The second-order valence-corrected chi connectivity index (χ2v) is 6.84. The number of carbonyl (C=O) groups is 1. The van der Waals surface area contributed by atoms with Gasteiger partial charge in [-0.1, -0.05) is 11.6 Å². The Morgan fingerprint density at radius 1 is 1.11 bits per heavy atom. The smallest absolute Gasteiger partial charge is 0.164 e. The molecule has 1 aliphatic rings. The van der Waals surface area contributed by atoms with E-state index in [0.717, 1.165) is 24.5 Å². The lowest BCUT2D eigenvalue weighted by molar-refractivity contribution is 0.0986. The maximum Gasteiger partial charge on any atom is 0.164 e. The molecule has 0 amide bonds. The fourth-order valence-electron chi connectivity index (χ4n) is 3.15. The Bertz CT molecular complexity index is 822. The number of anilines is 2. The van der Waals surface area contributed by atoms with Crippen molar-refractivity contribution in [1.29, 1.82) is 0 Å². The molecule has 1 N–H and O–H groups in total. The van der Waals surface area contributed by atoms with Gasteiger partial charge in [-0.05, 0) is 36.4 Å². The van der Waals surface area contributed by atoms with Crippen LogP contribution < -0.4 is 19.7 Å². The van der Waals surface area contributed by atoms with E-state index in [2.05, 4.69) is 10.2 Å². The van der Waals surface area contributed by atoms with Crippen LogP contribution in [-0.4, -0.2) is 52.9 Å². The maximum atomic E-state index is 12.4. The van der Waals surface area contributed by atoms with Gasteiger partial charge in [-0.3, -0.25) is 4.79 Å². The molecule has 6 nitrogen and oxygen atoms in total. The molecule has 0 unspecified atom stereocenters. The monoisotopic (exact) mass is 404 g/mol. The van der Waals surface area contributed by atoms with Gasteiger partial charge in [0.1, 0.15) is 0 Å². The first-order valence-electron chi connectivity index (χ1n) is 9.23. The Morgan fingerprint density at radius 2 is 1.86 bits per heavy atom. The van der Waals surface area contributed by atoms with Crippen LogP contribution in [0, 0.1) is 0 Å². The van der Waals surface area contributed by atoms with E-state index in [9.17, 15) is 4.79 Å². The van der Waals surface area contributed by atoms with Gasteiger partial charge in [-0.25, -0.2) is 0 Å². The van der Waals surface area contributed by atoms with Crippen molar-refractivity contribution in [3.05, 3.63) is 47.0 Å². The van der Waals surface area contributed by atoms with Crippen LogP contribution in [0.2, 0.25) is 5.02 Å². The molecule has 0 aromatic heterocycles. The Labute approximate surface area is 170 Å². The van der Waals surface area contributed by atoms with Gasteiger partial charge in [0.05, 0.1) is 38.1 Å². The minimum absolute atomic E-state index is 0.0319. The van der Waals surface area contributed by atoms with Crippen molar-refractivity contribution < 1.29 is 19.0 Å². The van der Waals surface area contributed by atoms with E-state index in [-0.39, 0.29) is 5.78 Å². The largest absolute Gasteiger partial charge is 0.493 e. The summed E-state index contributed by atoms with van der Waals surface area (Å²) in [5.41, 5.74) is 2.50. The molecule has 2 aromatic carbocycles. The van der Waals surface area contributed by atoms with Crippen molar-refractivity contribution in [3.8, 4) is 11.5 Å². The summed E-state index contributed by atoms with van der Waals surface area (Å²) in [6.45, 7) is 3.63. The number of rotatable bonds is 8. The SMILES string of the molecule is COc1ccc(C(=O)CCNc2ccc(N3CCOCC3)c(Cl)c2)cc1OC. The molecule has 0 atom stereocenters. The number of Topliss-reactive ketones (excluding diaryl/α,β-unsaturated/α-hetero) is 1. The topological polar surface area (TPSA) is 60.0 Å². The number of ether oxygens (including phenoxy) is 3. The zero-order valence-electron chi connectivity index (χ0n) is 16.2. The van der Waals surface area contributed by atoms with E-state index in [1.165, 1.54) is 0 Å². The highest BCUT2D eigenvalue weighted by Gasteiger charge is 2.15. The number of halogens is 1. The predicted molar refractivity (Wildman–Crippen MR) is 111 cm³/mol. The average Bonchev–Trinajstić information content (AvgIpc) is 2.73.